The maximum atomic E-state index is 5.31. The highest BCUT2D eigenvalue weighted by atomic mass is 32.1. The molecule has 4 aromatic rings. The van der Waals surface area contributed by atoms with Crippen molar-refractivity contribution in [2.75, 3.05) is 0 Å². The van der Waals surface area contributed by atoms with Crippen LogP contribution in [0.2, 0.25) is 0 Å². The molecule has 0 N–H and O–H groups in total. The Labute approximate surface area is 117 Å². The minimum absolute atomic E-state index is 0.692. The van der Waals surface area contributed by atoms with Crippen LogP contribution in [0.1, 0.15) is 5.76 Å². The number of hydrogen-bond acceptors (Lipinski definition) is 6. The van der Waals surface area contributed by atoms with Gasteiger partial charge in [-0.25, -0.2) is 0 Å². The van der Waals surface area contributed by atoms with E-state index in [0.29, 0.717) is 5.82 Å². The first-order valence-corrected chi connectivity index (χ1v) is 6.82. The second-order valence-electron chi connectivity index (χ2n) is 4.26. The van der Waals surface area contributed by atoms with Crippen LogP contribution in [0.5, 0.6) is 0 Å². The summed E-state index contributed by atoms with van der Waals surface area (Å²) in [5.74, 6) is 1.49. The molecule has 0 aliphatic heterocycles. The van der Waals surface area contributed by atoms with E-state index in [2.05, 4.69) is 20.3 Å². The van der Waals surface area contributed by atoms with Gasteiger partial charge in [0.1, 0.15) is 10.8 Å². The first-order chi connectivity index (χ1) is 9.83. The third-order valence-electron chi connectivity index (χ3n) is 3.00. The van der Waals surface area contributed by atoms with Gasteiger partial charge in [-0.3, -0.25) is 4.98 Å². The fraction of sp³-hybridized carbons (Fsp3) is 0.0769. The zero-order valence-electron chi connectivity index (χ0n) is 10.5. The van der Waals surface area contributed by atoms with Gasteiger partial charge in [-0.2, -0.15) is 9.61 Å². The molecule has 0 bridgehead atoms. The largest absolute Gasteiger partial charge is 0.469 e. The van der Waals surface area contributed by atoms with Gasteiger partial charge in [0.05, 0.1) is 11.8 Å². The van der Waals surface area contributed by atoms with Gasteiger partial charge in [0.2, 0.25) is 4.96 Å². The average Bonchev–Trinajstić information content (AvgIpc) is 3.15. The Kier molecular flexibility index (Phi) is 2.40. The van der Waals surface area contributed by atoms with E-state index < -0.39 is 0 Å². The van der Waals surface area contributed by atoms with E-state index in [9.17, 15) is 0 Å². The quantitative estimate of drug-likeness (QED) is 0.566. The van der Waals surface area contributed by atoms with Crippen molar-refractivity contribution in [3.8, 4) is 22.0 Å². The van der Waals surface area contributed by atoms with Crippen LogP contribution in [0.15, 0.2) is 41.3 Å². The molecular weight excluding hydrogens is 274 g/mol. The summed E-state index contributed by atoms with van der Waals surface area (Å²) in [6, 6.07) is 5.73. The number of fused-ring (bicyclic) bond motifs is 1. The molecule has 98 valence electrons. The number of hydrogen-bond donors (Lipinski definition) is 0. The number of aromatic nitrogens is 5. The highest BCUT2D eigenvalue weighted by Crippen LogP contribution is 2.28. The van der Waals surface area contributed by atoms with Gasteiger partial charge < -0.3 is 4.42 Å². The van der Waals surface area contributed by atoms with Crippen LogP contribution >= 0.6 is 11.3 Å². The second-order valence-corrected chi connectivity index (χ2v) is 5.21. The van der Waals surface area contributed by atoms with E-state index >= 15 is 0 Å². The lowest BCUT2D eigenvalue weighted by atomic mass is 10.2. The van der Waals surface area contributed by atoms with E-state index in [1.165, 1.54) is 11.3 Å². The first-order valence-electron chi connectivity index (χ1n) is 6.00. The van der Waals surface area contributed by atoms with Crippen molar-refractivity contribution in [3.63, 3.8) is 0 Å². The maximum absolute atomic E-state index is 5.31. The fourth-order valence-corrected chi connectivity index (χ4v) is 2.84. The molecule has 0 amide bonds. The maximum Gasteiger partial charge on any atom is 0.235 e. The molecule has 0 fully saturated rings. The molecular formula is C13H9N5OS. The zero-order valence-corrected chi connectivity index (χ0v) is 11.3. The molecule has 4 heterocycles. The average molecular weight is 283 g/mol. The van der Waals surface area contributed by atoms with Crippen molar-refractivity contribution in [3.05, 3.63) is 42.6 Å². The Hall–Kier alpha value is -2.54. The molecule has 7 heteroatoms. The summed E-state index contributed by atoms with van der Waals surface area (Å²) in [5.41, 5.74) is 1.87. The summed E-state index contributed by atoms with van der Waals surface area (Å²) >= 11 is 1.48. The molecule has 0 saturated carbocycles. The minimum Gasteiger partial charge on any atom is -0.469 e. The molecule has 0 radical (unpaired) electrons. The van der Waals surface area contributed by atoms with Crippen LogP contribution in [-0.4, -0.2) is 24.8 Å². The van der Waals surface area contributed by atoms with Crippen molar-refractivity contribution < 1.29 is 4.42 Å². The Morgan fingerprint density at radius 1 is 1.25 bits per heavy atom. The van der Waals surface area contributed by atoms with Crippen LogP contribution < -0.4 is 0 Å². The van der Waals surface area contributed by atoms with Crippen LogP contribution in [0.4, 0.5) is 0 Å². The summed E-state index contributed by atoms with van der Waals surface area (Å²) in [6.07, 6.45) is 5.17. The van der Waals surface area contributed by atoms with Crippen LogP contribution in [-0.2, 0) is 0 Å². The van der Waals surface area contributed by atoms with Crippen molar-refractivity contribution >= 4 is 16.3 Å². The van der Waals surface area contributed by atoms with E-state index in [1.807, 2.05) is 25.1 Å². The van der Waals surface area contributed by atoms with Gasteiger partial charge in [-0.05, 0) is 25.1 Å². The molecule has 0 aliphatic rings. The Balaban J connectivity index is 1.90. The SMILES string of the molecule is Cc1occc1-c1nnc2sc(-c3cccnc3)nn12. The summed E-state index contributed by atoms with van der Waals surface area (Å²) in [4.78, 5) is 4.86. The third kappa shape index (κ3) is 1.64. The van der Waals surface area contributed by atoms with E-state index in [4.69, 9.17) is 4.42 Å². The summed E-state index contributed by atoms with van der Waals surface area (Å²) in [7, 11) is 0. The van der Waals surface area contributed by atoms with Gasteiger partial charge >= 0.3 is 0 Å². The molecule has 20 heavy (non-hydrogen) atoms. The van der Waals surface area contributed by atoms with Gasteiger partial charge in [0.15, 0.2) is 5.82 Å². The van der Waals surface area contributed by atoms with Crippen LogP contribution in [0.25, 0.3) is 26.9 Å². The molecule has 0 aliphatic carbocycles. The lowest BCUT2D eigenvalue weighted by Gasteiger charge is -1.94. The lowest BCUT2D eigenvalue weighted by molar-refractivity contribution is 0.535. The first kappa shape index (κ1) is 11.3. The van der Waals surface area contributed by atoms with Crippen LogP contribution in [0.3, 0.4) is 0 Å². The molecule has 0 aromatic carbocycles. The summed E-state index contributed by atoms with van der Waals surface area (Å²) < 4.78 is 7.05. The molecule has 4 aromatic heterocycles. The molecule has 0 atom stereocenters. The number of furan rings is 1. The molecule has 0 spiro atoms. The predicted molar refractivity (Wildman–Crippen MR) is 74.3 cm³/mol. The van der Waals surface area contributed by atoms with E-state index in [1.54, 1.807) is 23.2 Å². The minimum atomic E-state index is 0.692. The molecule has 6 nitrogen and oxygen atoms in total. The third-order valence-corrected chi connectivity index (χ3v) is 3.95. The zero-order chi connectivity index (χ0) is 13.5. The number of pyridine rings is 1. The highest BCUT2D eigenvalue weighted by Gasteiger charge is 2.16. The van der Waals surface area contributed by atoms with Gasteiger partial charge in [0.25, 0.3) is 0 Å². The Morgan fingerprint density at radius 2 is 2.20 bits per heavy atom. The van der Waals surface area contributed by atoms with Crippen molar-refractivity contribution in [1.82, 2.24) is 24.8 Å². The smallest absolute Gasteiger partial charge is 0.235 e. The summed E-state index contributed by atoms with van der Waals surface area (Å²) in [6.45, 7) is 1.89. The van der Waals surface area contributed by atoms with E-state index in [0.717, 1.165) is 26.9 Å². The van der Waals surface area contributed by atoms with Crippen molar-refractivity contribution in [2.45, 2.75) is 6.92 Å². The summed E-state index contributed by atoms with van der Waals surface area (Å²) in [5, 5.41) is 13.8. The Morgan fingerprint density at radius 3 is 2.95 bits per heavy atom. The van der Waals surface area contributed by atoms with Crippen molar-refractivity contribution in [1.29, 1.82) is 0 Å². The molecule has 4 rings (SSSR count). The fourth-order valence-electron chi connectivity index (χ4n) is 2.01. The number of aryl methyl sites for hydroxylation is 1. The topological polar surface area (TPSA) is 69.1 Å². The van der Waals surface area contributed by atoms with Gasteiger partial charge in [-0.15, -0.1) is 10.2 Å². The standard InChI is InChI=1S/C13H9N5OS/c1-8-10(4-6-19-8)11-15-16-13-18(11)17-12(20-13)9-3-2-5-14-7-9/h2-7H,1H3. The van der Waals surface area contributed by atoms with Crippen LogP contribution in [0, 0.1) is 6.92 Å². The van der Waals surface area contributed by atoms with Gasteiger partial charge in [0, 0.05) is 18.0 Å². The van der Waals surface area contributed by atoms with Gasteiger partial charge in [-0.1, -0.05) is 11.3 Å². The molecule has 0 unspecified atom stereocenters. The number of rotatable bonds is 2. The normalized spacial score (nSPS) is 11.2. The monoisotopic (exact) mass is 283 g/mol. The van der Waals surface area contributed by atoms with Crippen molar-refractivity contribution in [2.24, 2.45) is 0 Å². The lowest BCUT2D eigenvalue weighted by Crippen LogP contribution is -1.91. The Bertz CT molecular complexity index is 877. The molecule has 0 saturated heterocycles. The second kappa shape index (κ2) is 4.24. The number of nitrogens with zero attached hydrogens (tertiary/aromatic N) is 5. The predicted octanol–water partition coefficient (Wildman–Crippen LogP) is 2.82. The highest BCUT2D eigenvalue weighted by molar-refractivity contribution is 7.19. The van der Waals surface area contributed by atoms with E-state index in [-0.39, 0.29) is 0 Å².